The molecule has 0 bridgehead atoms. The Morgan fingerprint density at radius 3 is 2.81 bits per heavy atom. The van der Waals surface area contributed by atoms with Gasteiger partial charge in [0.2, 0.25) is 0 Å². The van der Waals surface area contributed by atoms with Crippen LogP contribution in [0, 0.1) is 0 Å². The molecule has 1 amide bonds. The predicted molar refractivity (Wildman–Crippen MR) is 104 cm³/mol. The summed E-state index contributed by atoms with van der Waals surface area (Å²) in [6, 6.07) is 5.72. The number of hydrogen-bond acceptors (Lipinski definition) is 4. The zero-order chi connectivity index (χ0) is 19.0. The van der Waals surface area contributed by atoms with Crippen molar-refractivity contribution in [3.8, 4) is 16.9 Å². The third-order valence-electron chi connectivity index (χ3n) is 5.04. The molecule has 2 N–H and O–H groups in total. The van der Waals surface area contributed by atoms with Crippen LogP contribution in [-0.4, -0.2) is 32.8 Å². The molecular weight excluding hydrogens is 368 g/mol. The van der Waals surface area contributed by atoms with E-state index in [1.54, 1.807) is 12.1 Å². The number of anilines is 1. The van der Waals surface area contributed by atoms with Crippen molar-refractivity contribution in [2.24, 2.45) is 0 Å². The molecule has 4 rings (SSSR count). The number of halogens is 1. The van der Waals surface area contributed by atoms with Crippen molar-refractivity contribution in [1.29, 1.82) is 0 Å². The van der Waals surface area contributed by atoms with Crippen LogP contribution in [0.25, 0.3) is 22.2 Å². The molecule has 2 heterocycles. The third kappa shape index (κ3) is 3.19. The van der Waals surface area contributed by atoms with Crippen molar-refractivity contribution >= 4 is 34.4 Å². The van der Waals surface area contributed by atoms with Gasteiger partial charge in [-0.25, -0.2) is 14.8 Å². The average molecular weight is 387 g/mol. The smallest absolute Gasteiger partial charge is 0.409 e. The lowest BCUT2D eigenvalue weighted by Crippen LogP contribution is -2.08. The maximum Gasteiger partial charge on any atom is 0.409 e. The highest BCUT2D eigenvalue weighted by Gasteiger charge is 2.23. The fraction of sp³-hybridized carbons (Fsp3) is 0.316. The van der Waals surface area contributed by atoms with Crippen LogP contribution < -0.4 is 10.1 Å². The van der Waals surface area contributed by atoms with Crippen molar-refractivity contribution in [1.82, 2.24) is 14.5 Å². The molecule has 140 valence electrons. The van der Waals surface area contributed by atoms with Crippen LogP contribution in [0.2, 0.25) is 5.15 Å². The van der Waals surface area contributed by atoms with Crippen molar-refractivity contribution in [2.75, 3.05) is 12.4 Å². The highest BCUT2D eigenvalue weighted by atomic mass is 35.5. The number of aromatic nitrogens is 3. The molecule has 8 heteroatoms. The molecule has 1 aliphatic rings. The topological polar surface area (TPSA) is 89.3 Å². The second-order valence-corrected chi connectivity index (χ2v) is 6.95. The number of methoxy groups -OCH3 is 1. The summed E-state index contributed by atoms with van der Waals surface area (Å²) in [6.45, 7) is 0. The van der Waals surface area contributed by atoms with Crippen molar-refractivity contribution in [3.05, 3.63) is 35.9 Å². The number of amides is 1. The molecule has 1 aliphatic carbocycles. The summed E-state index contributed by atoms with van der Waals surface area (Å²) in [5.41, 5.74) is 2.98. The second kappa shape index (κ2) is 7.08. The van der Waals surface area contributed by atoms with Gasteiger partial charge in [0, 0.05) is 17.8 Å². The van der Waals surface area contributed by atoms with Gasteiger partial charge < -0.3 is 14.4 Å². The van der Waals surface area contributed by atoms with Crippen LogP contribution in [0.15, 0.2) is 30.7 Å². The van der Waals surface area contributed by atoms with E-state index in [0.717, 1.165) is 35.0 Å². The summed E-state index contributed by atoms with van der Waals surface area (Å²) in [6.07, 6.45) is 7.07. The first kappa shape index (κ1) is 17.6. The Labute approximate surface area is 160 Å². The van der Waals surface area contributed by atoms with E-state index in [9.17, 15) is 4.79 Å². The number of ether oxygens (including phenoxy) is 1. The Balaban J connectivity index is 1.87. The summed E-state index contributed by atoms with van der Waals surface area (Å²) in [7, 11) is 1.50. The SMILES string of the molecule is COc1cc(-c2cn(C3CCCC3)c3ncnc(Cl)c23)ccc1NC(=O)O. The first-order chi connectivity index (χ1) is 13.1. The molecule has 7 nitrogen and oxygen atoms in total. The Morgan fingerprint density at radius 1 is 1.33 bits per heavy atom. The summed E-state index contributed by atoms with van der Waals surface area (Å²) >= 11 is 6.42. The van der Waals surface area contributed by atoms with Gasteiger partial charge >= 0.3 is 6.09 Å². The number of nitrogens with one attached hydrogen (secondary N) is 1. The van der Waals surface area contributed by atoms with Gasteiger partial charge in [-0.15, -0.1) is 0 Å². The molecule has 27 heavy (non-hydrogen) atoms. The molecule has 2 aromatic heterocycles. The number of fused-ring (bicyclic) bond motifs is 1. The molecule has 1 aromatic carbocycles. The van der Waals surface area contributed by atoms with Crippen molar-refractivity contribution in [2.45, 2.75) is 31.7 Å². The maximum absolute atomic E-state index is 11.0. The van der Waals surface area contributed by atoms with Crippen LogP contribution in [0.1, 0.15) is 31.7 Å². The number of nitrogens with zero attached hydrogens (tertiary/aromatic N) is 3. The van der Waals surface area contributed by atoms with Gasteiger partial charge in [0.1, 0.15) is 22.9 Å². The van der Waals surface area contributed by atoms with Crippen LogP contribution in [0.5, 0.6) is 5.75 Å². The highest BCUT2D eigenvalue weighted by molar-refractivity contribution is 6.35. The Hall–Kier alpha value is -2.80. The van der Waals surface area contributed by atoms with E-state index in [1.165, 1.54) is 26.3 Å². The van der Waals surface area contributed by atoms with E-state index in [1.807, 2.05) is 6.07 Å². The Morgan fingerprint density at radius 2 is 2.11 bits per heavy atom. The van der Waals surface area contributed by atoms with Gasteiger partial charge in [-0.05, 0) is 30.5 Å². The lowest BCUT2D eigenvalue weighted by atomic mass is 10.1. The van der Waals surface area contributed by atoms with E-state index in [2.05, 4.69) is 26.0 Å². The quantitative estimate of drug-likeness (QED) is 0.618. The third-order valence-corrected chi connectivity index (χ3v) is 5.32. The number of carbonyl (C=O) groups is 1. The van der Waals surface area contributed by atoms with E-state index in [-0.39, 0.29) is 0 Å². The van der Waals surface area contributed by atoms with Crippen molar-refractivity contribution < 1.29 is 14.6 Å². The van der Waals surface area contributed by atoms with Gasteiger partial charge in [0.05, 0.1) is 18.2 Å². The minimum Gasteiger partial charge on any atom is -0.495 e. The zero-order valence-electron chi connectivity index (χ0n) is 14.8. The largest absolute Gasteiger partial charge is 0.495 e. The first-order valence-electron chi connectivity index (χ1n) is 8.78. The average Bonchev–Trinajstić information content (AvgIpc) is 3.29. The molecule has 0 aliphatic heterocycles. The fourth-order valence-electron chi connectivity index (χ4n) is 3.80. The van der Waals surface area contributed by atoms with E-state index in [0.29, 0.717) is 22.6 Å². The summed E-state index contributed by atoms with van der Waals surface area (Å²) in [5, 5.41) is 12.5. The number of rotatable bonds is 4. The summed E-state index contributed by atoms with van der Waals surface area (Å²) < 4.78 is 7.56. The number of carboxylic acid groups (broad SMARTS) is 1. The standard InChI is InChI=1S/C19H19ClN4O3/c1-27-15-8-11(6-7-14(15)23-19(25)26)13-9-24(12-4-2-3-5-12)18-16(13)17(20)21-10-22-18/h6-10,12,23H,2-5H2,1H3,(H,25,26). The lowest BCUT2D eigenvalue weighted by molar-refractivity contribution is 0.209. The molecule has 3 aromatic rings. The molecule has 0 saturated heterocycles. The fourth-order valence-corrected chi connectivity index (χ4v) is 4.03. The summed E-state index contributed by atoms with van der Waals surface area (Å²) in [4.78, 5) is 19.6. The number of benzene rings is 1. The minimum absolute atomic E-state index is 0.385. The Kier molecular flexibility index (Phi) is 4.61. The van der Waals surface area contributed by atoms with Gasteiger partial charge in [0.15, 0.2) is 0 Å². The zero-order valence-corrected chi connectivity index (χ0v) is 15.5. The van der Waals surface area contributed by atoms with Gasteiger partial charge in [0.25, 0.3) is 0 Å². The Bertz CT molecular complexity index is 1010. The normalized spacial score (nSPS) is 14.6. The summed E-state index contributed by atoms with van der Waals surface area (Å²) in [5.74, 6) is 0.435. The van der Waals surface area contributed by atoms with Crippen LogP contribution >= 0.6 is 11.6 Å². The van der Waals surface area contributed by atoms with Gasteiger partial charge in [-0.3, -0.25) is 5.32 Å². The highest BCUT2D eigenvalue weighted by Crippen LogP contribution is 2.40. The first-order valence-corrected chi connectivity index (χ1v) is 9.15. The molecule has 1 saturated carbocycles. The van der Waals surface area contributed by atoms with E-state index < -0.39 is 6.09 Å². The van der Waals surface area contributed by atoms with Crippen LogP contribution in [-0.2, 0) is 0 Å². The van der Waals surface area contributed by atoms with E-state index >= 15 is 0 Å². The number of hydrogen-bond donors (Lipinski definition) is 2. The molecule has 0 spiro atoms. The van der Waals surface area contributed by atoms with Gasteiger partial charge in [-0.2, -0.15) is 0 Å². The minimum atomic E-state index is -1.14. The van der Waals surface area contributed by atoms with E-state index in [4.69, 9.17) is 21.4 Å². The molecule has 0 atom stereocenters. The second-order valence-electron chi connectivity index (χ2n) is 6.60. The van der Waals surface area contributed by atoms with Gasteiger partial charge in [-0.1, -0.05) is 30.5 Å². The lowest BCUT2D eigenvalue weighted by Gasteiger charge is -2.12. The molecule has 0 unspecified atom stereocenters. The molecule has 1 fully saturated rings. The molecular formula is C19H19ClN4O3. The van der Waals surface area contributed by atoms with Crippen LogP contribution in [0.4, 0.5) is 10.5 Å². The maximum atomic E-state index is 11.0. The predicted octanol–water partition coefficient (Wildman–Crippen LogP) is 4.97. The van der Waals surface area contributed by atoms with Crippen molar-refractivity contribution in [3.63, 3.8) is 0 Å². The molecule has 0 radical (unpaired) electrons. The van der Waals surface area contributed by atoms with Crippen LogP contribution in [0.3, 0.4) is 0 Å². The monoisotopic (exact) mass is 386 g/mol.